The second-order valence-electron chi connectivity index (χ2n) is 9.52. The maximum absolute atomic E-state index is 12.7. The van der Waals surface area contributed by atoms with E-state index in [-0.39, 0.29) is 6.61 Å². The van der Waals surface area contributed by atoms with E-state index in [0.29, 0.717) is 29.3 Å². The van der Waals surface area contributed by atoms with Gasteiger partial charge in [-0.15, -0.1) is 0 Å². The van der Waals surface area contributed by atoms with E-state index in [1.54, 1.807) is 28.8 Å². The maximum Gasteiger partial charge on any atom is 0.258 e. The number of para-hydroxylation sites is 2. The summed E-state index contributed by atoms with van der Waals surface area (Å²) in [5.74, 6) is 0.657. The van der Waals surface area contributed by atoms with Gasteiger partial charge in [-0.1, -0.05) is 36.4 Å². The summed E-state index contributed by atoms with van der Waals surface area (Å²) in [4.78, 5) is 29.3. The molecule has 1 amide bonds. The number of amides is 1. The second kappa shape index (κ2) is 11.3. The van der Waals surface area contributed by atoms with E-state index in [2.05, 4.69) is 36.6 Å². The lowest BCUT2D eigenvalue weighted by molar-refractivity contribution is -0.125. The third-order valence-electron chi connectivity index (χ3n) is 6.99. The highest BCUT2D eigenvalue weighted by molar-refractivity contribution is 5.84. The molecule has 12 nitrogen and oxygen atoms in total. The number of benzene rings is 2. The van der Waals surface area contributed by atoms with Gasteiger partial charge < -0.3 is 35.3 Å². The Balaban J connectivity index is 1.17. The normalized spacial score (nSPS) is 20.6. The van der Waals surface area contributed by atoms with Crippen LogP contribution in [0.25, 0.3) is 22.1 Å². The fourth-order valence-electron chi connectivity index (χ4n) is 5.01. The molecule has 0 saturated carbocycles. The number of aliphatic hydroxyl groups excluding tert-OH is 2. The van der Waals surface area contributed by atoms with Crippen molar-refractivity contribution in [3.05, 3.63) is 79.0 Å². The molecule has 1 aliphatic heterocycles. The summed E-state index contributed by atoms with van der Waals surface area (Å²) < 4.78 is 13.1. The number of aromatic nitrogens is 5. The van der Waals surface area contributed by atoms with Gasteiger partial charge in [-0.25, -0.2) is 15.0 Å². The van der Waals surface area contributed by atoms with Gasteiger partial charge in [0, 0.05) is 23.6 Å². The van der Waals surface area contributed by atoms with Gasteiger partial charge in [-0.3, -0.25) is 9.36 Å². The van der Waals surface area contributed by atoms with Crippen molar-refractivity contribution in [1.29, 1.82) is 0 Å². The molecular weight excluding hydrogens is 514 g/mol. The van der Waals surface area contributed by atoms with Crippen molar-refractivity contribution in [2.75, 3.05) is 25.1 Å². The summed E-state index contributed by atoms with van der Waals surface area (Å²) in [5, 5.41) is 27.9. The monoisotopic (exact) mass is 543 g/mol. The van der Waals surface area contributed by atoms with Crippen LogP contribution in [-0.4, -0.2) is 78.6 Å². The van der Waals surface area contributed by atoms with Crippen LogP contribution in [0.1, 0.15) is 11.8 Å². The zero-order valence-corrected chi connectivity index (χ0v) is 21.5. The Bertz CT molecular complexity index is 1600. The van der Waals surface area contributed by atoms with E-state index in [9.17, 15) is 15.0 Å². The van der Waals surface area contributed by atoms with E-state index in [1.165, 1.54) is 23.6 Å². The second-order valence-corrected chi connectivity index (χ2v) is 9.52. The van der Waals surface area contributed by atoms with Gasteiger partial charge in [0.1, 0.15) is 30.3 Å². The molecule has 1 saturated heterocycles. The van der Waals surface area contributed by atoms with E-state index in [1.807, 2.05) is 30.5 Å². The molecule has 0 spiro atoms. The fraction of sp³-hybridized carbons (Fsp3) is 0.286. The predicted molar refractivity (Wildman–Crippen MR) is 147 cm³/mol. The Morgan fingerprint density at radius 2 is 1.93 bits per heavy atom. The van der Waals surface area contributed by atoms with Crippen LogP contribution in [-0.2, 0) is 16.0 Å². The summed E-state index contributed by atoms with van der Waals surface area (Å²) in [6, 6.07) is 16.2. The highest BCUT2D eigenvalue weighted by atomic mass is 16.5. The zero-order valence-electron chi connectivity index (χ0n) is 21.5. The summed E-state index contributed by atoms with van der Waals surface area (Å²) in [7, 11) is 0. The summed E-state index contributed by atoms with van der Waals surface area (Å²) in [5.41, 5.74) is 3.26. The minimum absolute atomic E-state index is 0.249. The lowest BCUT2D eigenvalue weighted by Crippen LogP contribution is -2.48. The molecule has 4 atom stereocenters. The smallest absolute Gasteiger partial charge is 0.258 e. The third kappa shape index (κ3) is 5.07. The molecule has 1 aliphatic rings. The molecule has 1 fully saturated rings. The van der Waals surface area contributed by atoms with Gasteiger partial charge in [-0.05, 0) is 30.2 Å². The molecule has 0 bridgehead atoms. The first-order valence-electron chi connectivity index (χ1n) is 13.0. The van der Waals surface area contributed by atoms with Crippen LogP contribution in [0.2, 0.25) is 0 Å². The number of nitrogens with one attached hydrogen (secondary N) is 3. The van der Waals surface area contributed by atoms with Crippen molar-refractivity contribution < 1.29 is 24.5 Å². The first-order valence-corrected chi connectivity index (χ1v) is 13.0. The highest BCUT2D eigenvalue weighted by Gasteiger charge is 2.45. The first-order chi connectivity index (χ1) is 19.6. The Labute approximate surface area is 229 Å². The number of aromatic amines is 1. The summed E-state index contributed by atoms with van der Waals surface area (Å²) in [6.07, 6.45) is 2.79. The van der Waals surface area contributed by atoms with E-state index in [0.717, 1.165) is 11.9 Å². The molecule has 6 rings (SSSR count). The SMILES string of the molecule is O=C(COc1ccccc1)N[C@@H]1[C@H](O)[C@@H](CO)O[C@H]1n1cnc2c(NCCc3c[nH]c4ccccc34)ncnc21. The number of hydrogen-bond acceptors (Lipinski definition) is 9. The van der Waals surface area contributed by atoms with E-state index >= 15 is 0 Å². The average molecular weight is 544 g/mol. The van der Waals surface area contributed by atoms with Crippen LogP contribution in [0.3, 0.4) is 0 Å². The molecule has 5 N–H and O–H groups in total. The summed E-state index contributed by atoms with van der Waals surface area (Å²) in [6.45, 7) is -0.0555. The summed E-state index contributed by atoms with van der Waals surface area (Å²) >= 11 is 0. The van der Waals surface area contributed by atoms with Crippen LogP contribution in [0.15, 0.2) is 73.4 Å². The minimum atomic E-state index is -1.16. The number of ether oxygens (including phenoxy) is 2. The number of imidazole rings is 1. The topological polar surface area (TPSA) is 159 Å². The maximum atomic E-state index is 12.7. The van der Waals surface area contributed by atoms with Gasteiger partial charge >= 0.3 is 0 Å². The van der Waals surface area contributed by atoms with Crippen molar-refractivity contribution in [2.24, 2.45) is 0 Å². The lowest BCUT2D eigenvalue weighted by atomic mass is 10.1. The Hall–Kier alpha value is -4.52. The van der Waals surface area contributed by atoms with Crippen molar-refractivity contribution >= 4 is 33.8 Å². The molecule has 0 unspecified atom stereocenters. The molecule has 12 heteroatoms. The number of nitrogens with zero attached hydrogens (tertiary/aromatic N) is 4. The number of rotatable bonds is 10. The van der Waals surface area contributed by atoms with Crippen molar-refractivity contribution in [3.8, 4) is 5.75 Å². The molecule has 4 heterocycles. The van der Waals surface area contributed by atoms with Crippen LogP contribution in [0.5, 0.6) is 5.75 Å². The molecular formula is C28H29N7O5. The number of carbonyl (C=O) groups is 1. The number of aliphatic hydroxyl groups is 2. The zero-order chi connectivity index (χ0) is 27.5. The van der Waals surface area contributed by atoms with E-state index in [4.69, 9.17) is 9.47 Å². The van der Waals surface area contributed by atoms with Crippen LogP contribution in [0.4, 0.5) is 5.82 Å². The van der Waals surface area contributed by atoms with Gasteiger partial charge in [0.05, 0.1) is 12.9 Å². The molecule has 40 heavy (non-hydrogen) atoms. The van der Waals surface area contributed by atoms with Crippen LogP contribution >= 0.6 is 0 Å². The molecule has 0 aliphatic carbocycles. The lowest BCUT2D eigenvalue weighted by Gasteiger charge is -2.23. The van der Waals surface area contributed by atoms with Gasteiger partial charge in [-0.2, -0.15) is 0 Å². The van der Waals surface area contributed by atoms with Gasteiger partial charge in [0.25, 0.3) is 5.91 Å². The van der Waals surface area contributed by atoms with Gasteiger partial charge in [0.2, 0.25) is 0 Å². The third-order valence-corrected chi connectivity index (χ3v) is 6.99. The number of anilines is 1. The standard InChI is InChI=1S/C28H29N7O5/c36-13-21-25(38)23(34-22(37)14-39-18-6-2-1-3-7-18)28(40-21)35-16-33-24-26(31-15-32-27(24)35)29-11-10-17-12-30-20-9-5-4-8-19(17)20/h1-9,12,15-16,21,23,25,28,30,36,38H,10-11,13-14H2,(H,34,37)(H,29,31,32)/t21-,23-,25-,28-/m1/s1. The minimum Gasteiger partial charge on any atom is -0.484 e. The van der Waals surface area contributed by atoms with Crippen molar-refractivity contribution in [3.63, 3.8) is 0 Å². The Morgan fingerprint density at radius 3 is 2.77 bits per heavy atom. The molecule has 206 valence electrons. The average Bonchev–Trinajstić information content (AvgIpc) is 3.69. The Morgan fingerprint density at radius 1 is 1.10 bits per heavy atom. The van der Waals surface area contributed by atoms with E-state index < -0.39 is 37.0 Å². The molecule has 3 aromatic heterocycles. The van der Waals surface area contributed by atoms with Crippen molar-refractivity contribution in [2.45, 2.75) is 30.9 Å². The predicted octanol–water partition coefficient (Wildman–Crippen LogP) is 1.78. The van der Waals surface area contributed by atoms with Gasteiger partial charge in [0.15, 0.2) is 29.8 Å². The molecule has 5 aromatic rings. The highest BCUT2D eigenvalue weighted by Crippen LogP contribution is 2.32. The first kappa shape index (κ1) is 25.7. The molecule has 2 aromatic carbocycles. The van der Waals surface area contributed by atoms with Crippen LogP contribution < -0.4 is 15.4 Å². The molecule has 0 radical (unpaired) electrons. The number of hydrogen-bond donors (Lipinski definition) is 5. The number of fused-ring (bicyclic) bond motifs is 2. The number of carbonyl (C=O) groups excluding carboxylic acids is 1. The van der Waals surface area contributed by atoms with Crippen molar-refractivity contribution in [1.82, 2.24) is 29.8 Å². The van der Waals surface area contributed by atoms with Crippen LogP contribution in [0, 0.1) is 0 Å². The largest absolute Gasteiger partial charge is 0.484 e. The number of H-pyrrole nitrogens is 1. The quantitative estimate of drug-likeness (QED) is 0.177. The Kier molecular flexibility index (Phi) is 7.27. The fourth-order valence-corrected chi connectivity index (χ4v) is 5.01.